The summed E-state index contributed by atoms with van der Waals surface area (Å²) in [6.45, 7) is 5.91. The summed E-state index contributed by atoms with van der Waals surface area (Å²) in [5.41, 5.74) is 0. The Morgan fingerprint density at radius 3 is 2.57 bits per heavy atom. The van der Waals surface area contributed by atoms with E-state index in [1.54, 1.807) is 0 Å². The van der Waals surface area contributed by atoms with Crippen molar-refractivity contribution < 1.29 is 4.79 Å². The van der Waals surface area contributed by atoms with Crippen molar-refractivity contribution in [2.24, 2.45) is 5.92 Å². The van der Waals surface area contributed by atoms with Crippen LogP contribution in [0.3, 0.4) is 0 Å². The summed E-state index contributed by atoms with van der Waals surface area (Å²) in [7, 11) is 0. The van der Waals surface area contributed by atoms with Crippen LogP contribution in [-0.2, 0) is 4.79 Å². The molecule has 0 radical (unpaired) electrons. The van der Waals surface area contributed by atoms with Gasteiger partial charge in [0.2, 0.25) is 0 Å². The Balaban J connectivity index is 2.03. The van der Waals surface area contributed by atoms with Crippen LogP contribution in [0.5, 0.6) is 0 Å². The third kappa shape index (κ3) is 4.23. The number of nitrogens with zero attached hydrogens (tertiary/aromatic N) is 1. The second-order valence-electron chi connectivity index (χ2n) is 4.38. The van der Waals surface area contributed by atoms with Crippen molar-refractivity contribution in [1.82, 2.24) is 4.90 Å². The van der Waals surface area contributed by atoms with E-state index >= 15 is 0 Å². The Labute approximate surface area is 87.7 Å². The molecular formula is C12H23NO. The molecule has 0 amide bonds. The van der Waals surface area contributed by atoms with Gasteiger partial charge in [-0.05, 0) is 51.7 Å². The highest BCUT2D eigenvalue weighted by molar-refractivity contribution is 5.53. The number of hydrogen-bond acceptors (Lipinski definition) is 2. The van der Waals surface area contributed by atoms with Crippen LogP contribution in [-0.4, -0.2) is 30.8 Å². The topological polar surface area (TPSA) is 20.3 Å². The number of likely N-dealkylation sites (tertiary alicyclic amines) is 1. The van der Waals surface area contributed by atoms with Crippen molar-refractivity contribution in [3.63, 3.8) is 0 Å². The van der Waals surface area contributed by atoms with Crippen LogP contribution < -0.4 is 0 Å². The molecule has 0 aliphatic carbocycles. The number of rotatable bonds is 7. The Kier molecular flexibility index (Phi) is 5.85. The lowest BCUT2D eigenvalue weighted by Gasteiger charge is -2.15. The highest BCUT2D eigenvalue weighted by Crippen LogP contribution is 2.13. The molecule has 0 spiro atoms. The van der Waals surface area contributed by atoms with E-state index in [1.165, 1.54) is 38.9 Å². The summed E-state index contributed by atoms with van der Waals surface area (Å²) < 4.78 is 0. The first-order valence-electron chi connectivity index (χ1n) is 6.04. The minimum atomic E-state index is 0.322. The average Bonchev–Trinajstić information content (AvgIpc) is 2.69. The van der Waals surface area contributed by atoms with E-state index in [4.69, 9.17) is 0 Å². The molecule has 2 heteroatoms. The molecule has 1 atom stereocenters. The van der Waals surface area contributed by atoms with Gasteiger partial charge >= 0.3 is 0 Å². The quantitative estimate of drug-likeness (QED) is 0.584. The second-order valence-corrected chi connectivity index (χ2v) is 4.38. The van der Waals surface area contributed by atoms with Gasteiger partial charge in [0.05, 0.1) is 0 Å². The van der Waals surface area contributed by atoms with Gasteiger partial charge in [-0.3, -0.25) is 0 Å². The smallest absolute Gasteiger partial charge is 0.123 e. The zero-order chi connectivity index (χ0) is 10.2. The van der Waals surface area contributed by atoms with Crippen LogP contribution in [0.2, 0.25) is 0 Å². The van der Waals surface area contributed by atoms with Gasteiger partial charge in [0.1, 0.15) is 6.29 Å². The maximum Gasteiger partial charge on any atom is 0.123 e. The highest BCUT2D eigenvalue weighted by atomic mass is 16.1. The average molecular weight is 197 g/mol. The maximum atomic E-state index is 10.7. The van der Waals surface area contributed by atoms with Crippen LogP contribution in [0.4, 0.5) is 0 Å². The normalized spacial score (nSPS) is 19.8. The predicted octanol–water partition coefficient (Wildman–Crippen LogP) is 2.48. The van der Waals surface area contributed by atoms with Crippen LogP contribution >= 0.6 is 0 Å². The summed E-state index contributed by atoms with van der Waals surface area (Å²) in [5.74, 6) is 0.322. The number of carbonyl (C=O) groups is 1. The highest BCUT2D eigenvalue weighted by Gasteiger charge is 2.12. The molecule has 0 aromatic heterocycles. The maximum absolute atomic E-state index is 10.7. The molecule has 0 N–H and O–H groups in total. The number of aldehydes is 1. The molecule has 82 valence electrons. The fraction of sp³-hybridized carbons (Fsp3) is 0.917. The predicted molar refractivity (Wildman–Crippen MR) is 59.4 cm³/mol. The van der Waals surface area contributed by atoms with Crippen molar-refractivity contribution in [1.29, 1.82) is 0 Å². The van der Waals surface area contributed by atoms with Gasteiger partial charge in [-0.1, -0.05) is 13.3 Å². The molecule has 1 heterocycles. The van der Waals surface area contributed by atoms with Crippen molar-refractivity contribution >= 4 is 6.29 Å². The molecule has 1 saturated heterocycles. The first-order chi connectivity index (χ1) is 6.86. The minimum Gasteiger partial charge on any atom is -0.303 e. The molecule has 1 rings (SSSR count). The largest absolute Gasteiger partial charge is 0.303 e. The first-order valence-corrected chi connectivity index (χ1v) is 6.04. The third-order valence-electron chi connectivity index (χ3n) is 3.10. The van der Waals surface area contributed by atoms with Crippen molar-refractivity contribution in [3.8, 4) is 0 Å². The summed E-state index contributed by atoms with van der Waals surface area (Å²) in [6.07, 6.45) is 8.37. The van der Waals surface area contributed by atoms with Gasteiger partial charge in [0.25, 0.3) is 0 Å². The van der Waals surface area contributed by atoms with Crippen LogP contribution in [0.15, 0.2) is 0 Å². The molecule has 1 aliphatic rings. The van der Waals surface area contributed by atoms with Gasteiger partial charge in [-0.2, -0.15) is 0 Å². The van der Waals surface area contributed by atoms with Gasteiger partial charge in [0.15, 0.2) is 0 Å². The molecule has 2 nitrogen and oxygen atoms in total. The van der Waals surface area contributed by atoms with Crippen molar-refractivity contribution in [2.45, 2.75) is 45.4 Å². The molecular weight excluding hydrogens is 174 g/mol. The fourth-order valence-corrected chi connectivity index (χ4v) is 2.23. The molecule has 0 saturated carbocycles. The van der Waals surface area contributed by atoms with E-state index in [0.717, 1.165) is 25.5 Å². The van der Waals surface area contributed by atoms with Gasteiger partial charge in [0, 0.05) is 5.92 Å². The molecule has 0 unspecified atom stereocenters. The zero-order valence-electron chi connectivity index (χ0n) is 9.37. The zero-order valence-corrected chi connectivity index (χ0v) is 9.37. The summed E-state index contributed by atoms with van der Waals surface area (Å²) >= 11 is 0. The lowest BCUT2D eigenvalue weighted by atomic mass is 10.00. The van der Waals surface area contributed by atoms with E-state index < -0.39 is 0 Å². The monoisotopic (exact) mass is 197 g/mol. The van der Waals surface area contributed by atoms with E-state index in [0.29, 0.717) is 5.92 Å². The van der Waals surface area contributed by atoms with Crippen LogP contribution in [0.1, 0.15) is 45.4 Å². The summed E-state index contributed by atoms with van der Waals surface area (Å²) in [5, 5.41) is 0. The summed E-state index contributed by atoms with van der Waals surface area (Å²) in [6, 6.07) is 0. The van der Waals surface area contributed by atoms with Crippen molar-refractivity contribution in [2.75, 3.05) is 19.6 Å². The number of carbonyl (C=O) groups excluding carboxylic acids is 1. The second kappa shape index (κ2) is 6.99. The van der Waals surface area contributed by atoms with Crippen molar-refractivity contribution in [3.05, 3.63) is 0 Å². The van der Waals surface area contributed by atoms with E-state index in [-0.39, 0.29) is 0 Å². The van der Waals surface area contributed by atoms with Gasteiger partial charge < -0.3 is 9.69 Å². The summed E-state index contributed by atoms with van der Waals surface area (Å²) in [4.78, 5) is 13.2. The van der Waals surface area contributed by atoms with Gasteiger partial charge in [-0.15, -0.1) is 0 Å². The Bertz CT molecular complexity index is 152. The molecule has 1 aliphatic heterocycles. The first kappa shape index (κ1) is 11.7. The van der Waals surface area contributed by atoms with E-state index in [9.17, 15) is 4.79 Å². The SMILES string of the molecule is CCC[C@@H](C=O)CCCN1CCCC1. The lowest BCUT2D eigenvalue weighted by molar-refractivity contribution is -0.111. The standard InChI is InChI=1S/C12H23NO/c1-2-6-12(11-14)7-5-10-13-8-3-4-9-13/h11-12H,2-10H2,1H3/t12-/m1/s1. The molecule has 0 aromatic carbocycles. The van der Waals surface area contributed by atoms with E-state index in [1.807, 2.05) is 0 Å². The molecule has 0 aromatic rings. The van der Waals surface area contributed by atoms with Crippen LogP contribution in [0, 0.1) is 5.92 Å². The van der Waals surface area contributed by atoms with E-state index in [2.05, 4.69) is 11.8 Å². The molecule has 14 heavy (non-hydrogen) atoms. The Hall–Kier alpha value is -0.370. The Morgan fingerprint density at radius 1 is 1.29 bits per heavy atom. The lowest BCUT2D eigenvalue weighted by Crippen LogP contribution is -2.21. The third-order valence-corrected chi connectivity index (χ3v) is 3.10. The van der Waals surface area contributed by atoms with Gasteiger partial charge in [-0.25, -0.2) is 0 Å². The Morgan fingerprint density at radius 2 is 2.00 bits per heavy atom. The minimum absolute atomic E-state index is 0.322. The van der Waals surface area contributed by atoms with Crippen LogP contribution in [0.25, 0.3) is 0 Å². The molecule has 0 bridgehead atoms. The molecule has 1 fully saturated rings. The fourth-order valence-electron chi connectivity index (χ4n) is 2.23. The number of hydrogen-bond donors (Lipinski definition) is 0.